The molecule has 0 radical (unpaired) electrons. The van der Waals surface area contributed by atoms with Crippen molar-refractivity contribution in [3.63, 3.8) is 0 Å². The second kappa shape index (κ2) is 5.52. The fourth-order valence-electron chi connectivity index (χ4n) is 0.479. The quantitative estimate of drug-likeness (QED) is 0.703. The molecule has 14 heavy (non-hydrogen) atoms. The average molecular weight is 236 g/mol. The van der Waals surface area contributed by atoms with E-state index in [2.05, 4.69) is 8.37 Å². The lowest BCUT2D eigenvalue weighted by Crippen LogP contribution is -2.16. The molecule has 0 aliphatic rings. The molecule has 0 N–H and O–H groups in total. The molecule has 0 aliphatic carbocycles. The zero-order valence-electron chi connectivity index (χ0n) is 7.50. The first kappa shape index (κ1) is 13.7. The summed E-state index contributed by atoms with van der Waals surface area (Å²) >= 11 is 0. The first-order valence-corrected chi connectivity index (χ1v) is 5.20. The summed E-state index contributed by atoms with van der Waals surface area (Å²) in [5.74, 6) is 0. The standard InChI is InChI=1S/C6H11F3O4S/c1-2-4-12-14(10,11)13-5-3-6(7,8)9/h2-5H2,1H3. The summed E-state index contributed by atoms with van der Waals surface area (Å²) in [6.07, 6.45) is -5.32. The van der Waals surface area contributed by atoms with E-state index in [1.165, 1.54) is 0 Å². The van der Waals surface area contributed by atoms with Gasteiger partial charge in [-0.25, -0.2) is 8.37 Å². The topological polar surface area (TPSA) is 52.6 Å². The van der Waals surface area contributed by atoms with Crippen molar-refractivity contribution in [2.45, 2.75) is 25.9 Å². The molecule has 0 heterocycles. The summed E-state index contributed by atoms with van der Waals surface area (Å²) < 4.78 is 64.1. The van der Waals surface area contributed by atoms with Crippen LogP contribution < -0.4 is 0 Å². The molecule has 0 aromatic heterocycles. The fraction of sp³-hybridized carbons (Fsp3) is 1.00. The molecule has 8 heteroatoms. The van der Waals surface area contributed by atoms with E-state index < -0.39 is 29.6 Å². The molecule has 0 rings (SSSR count). The number of alkyl halides is 3. The zero-order chi connectivity index (χ0) is 11.2. The van der Waals surface area contributed by atoms with Crippen molar-refractivity contribution in [2.75, 3.05) is 13.2 Å². The normalized spacial score (nSPS) is 13.1. The van der Waals surface area contributed by atoms with Crippen molar-refractivity contribution in [1.29, 1.82) is 0 Å². The Bertz CT molecular complexity index is 246. The van der Waals surface area contributed by atoms with E-state index in [1.807, 2.05) is 0 Å². The molecule has 0 saturated heterocycles. The van der Waals surface area contributed by atoms with Gasteiger partial charge >= 0.3 is 16.6 Å². The van der Waals surface area contributed by atoms with E-state index in [1.54, 1.807) is 6.92 Å². The lowest BCUT2D eigenvalue weighted by atomic mass is 10.5. The van der Waals surface area contributed by atoms with Crippen LogP contribution in [0.2, 0.25) is 0 Å². The molecule has 0 aliphatic heterocycles. The van der Waals surface area contributed by atoms with Crippen molar-refractivity contribution < 1.29 is 30.0 Å². The van der Waals surface area contributed by atoms with Crippen molar-refractivity contribution in [1.82, 2.24) is 0 Å². The Morgan fingerprint density at radius 3 is 2.07 bits per heavy atom. The van der Waals surface area contributed by atoms with Crippen LogP contribution >= 0.6 is 0 Å². The van der Waals surface area contributed by atoms with Crippen LogP contribution in [0.5, 0.6) is 0 Å². The van der Waals surface area contributed by atoms with Gasteiger partial charge in [0.05, 0.1) is 19.6 Å². The lowest BCUT2D eigenvalue weighted by Gasteiger charge is -2.07. The highest BCUT2D eigenvalue weighted by atomic mass is 32.3. The van der Waals surface area contributed by atoms with Crippen molar-refractivity contribution in [3.8, 4) is 0 Å². The Morgan fingerprint density at radius 1 is 1.14 bits per heavy atom. The van der Waals surface area contributed by atoms with E-state index in [-0.39, 0.29) is 6.61 Å². The average Bonchev–Trinajstić information content (AvgIpc) is 1.98. The van der Waals surface area contributed by atoms with Gasteiger partial charge in [-0.15, -0.1) is 0 Å². The van der Waals surface area contributed by atoms with Crippen LogP contribution in [0.15, 0.2) is 0 Å². The van der Waals surface area contributed by atoms with Crippen LogP contribution in [0.3, 0.4) is 0 Å². The molecule has 0 saturated carbocycles. The van der Waals surface area contributed by atoms with Gasteiger partial charge in [0.2, 0.25) is 0 Å². The Balaban J connectivity index is 3.78. The monoisotopic (exact) mass is 236 g/mol. The predicted molar refractivity (Wildman–Crippen MR) is 41.8 cm³/mol. The van der Waals surface area contributed by atoms with Gasteiger partial charge in [-0.2, -0.15) is 21.6 Å². The Hall–Kier alpha value is -0.340. The molecule has 0 bridgehead atoms. The molecular formula is C6H11F3O4S. The molecule has 0 fully saturated rings. The number of hydrogen-bond donors (Lipinski definition) is 0. The van der Waals surface area contributed by atoms with E-state index in [0.717, 1.165) is 0 Å². The van der Waals surface area contributed by atoms with Gasteiger partial charge in [-0.05, 0) is 6.42 Å². The third-order valence-electron chi connectivity index (χ3n) is 1.05. The van der Waals surface area contributed by atoms with E-state index in [4.69, 9.17) is 0 Å². The maximum atomic E-state index is 11.6. The third kappa shape index (κ3) is 8.27. The first-order valence-electron chi connectivity index (χ1n) is 3.87. The summed E-state index contributed by atoms with van der Waals surface area (Å²) in [6.45, 7) is 0.606. The van der Waals surface area contributed by atoms with Crippen molar-refractivity contribution in [3.05, 3.63) is 0 Å². The van der Waals surface area contributed by atoms with Crippen LogP contribution in [0.25, 0.3) is 0 Å². The molecule has 0 unspecified atom stereocenters. The molecule has 4 nitrogen and oxygen atoms in total. The number of rotatable bonds is 6. The highest BCUT2D eigenvalue weighted by Crippen LogP contribution is 2.19. The Morgan fingerprint density at radius 2 is 1.64 bits per heavy atom. The smallest absolute Gasteiger partial charge is 0.248 e. The van der Waals surface area contributed by atoms with Gasteiger partial charge in [0.25, 0.3) is 0 Å². The van der Waals surface area contributed by atoms with Crippen LogP contribution in [-0.4, -0.2) is 27.8 Å². The van der Waals surface area contributed by atoms with Gasteiger partial charge in [0.15, 0.2) is 0 Å². The second-order valence-electron chi connectivity index (χ2n) is 2.42. The van der Waals surface area contributed by atoms with Gasteiger partial charge < -0.3 is 0 Å². The van der Waals surface area contributed by atoms with Gasteiger partial charge in [-0.3, -0.25) is 0 Å². The van der Waals surface area contributed by atoms with Crippen LogP contribution in [0.1, 0.15) is 19.8 Å². The van der Waals surface area contributed by atoms with Crippen LogP contribution in [0, 0.1) is 0 Å². The molecule has 0 atom stereocenters. The minimum Gasteiger partial charge on any atom is -0.248 e. The molecule has 86 valence electrons. The van der Waals surface area contributed by atoms with Gasteiger partial charge in [0.1, 0.15) is 0 Å². The third-order valence-corrected chi connectivity index (χ3v) is 1.96. The predicted octanol–water partition coefficient (Wildman–Crippen LogP) is 1.63. The first-order chi connectivity index (χ1) is 6.27. The summed E-state index contributed by atoms with van der Waals surface area (Å²) in [5.41, 5.74) is 0. The maximum absolute atomic E-state index is 11.6. The van der Waals surface area contributed by atoms with E-state index in [9.17, 15) is 21.6 Å². The molecule has 0 aromatic carbocycles. The Kier molecular flexibility index (Phi) is 5.38. The highest BCUT2D eigenvalue weighted by molar-refractivity contribution is 7.81. The molecule has 0 amide bonds. The second-order valence-corrected chi connectivity index (χ2v) is 3.71. The highest BCUT2D eigenvalue weighted by Gasteiger charge is 2.28. The summed E-state index contributed by atoms with van der Waals surface area (Å²) in [7, 11) is -4.27. The van der Waals surface area contributed by atoms with E-state index >= 15 is 0 Å². The molecule has 0 spiro atoms. The summed E-state index contributed by atoms with van der Waals surface area (Å²) in [6, 6.07) is 0. The molecule has 0 aromatic rings. The largest absolute Gasteiger partial charge is 0.399 e. The van der Waals surface area contributed by atoms with Crippen molar-refractivity contribution >= 4 is 10.4 Å². The van der Waals surface area contributed by atoms with Gasteiger partial charge in [0, 0.05) is 0 Å². The summed E-state index contributed by atoms with van der Waals surface area (Å²) in [4.78, 5) is 0. The van der Waals surface area contributed by atoms with E-state index in [0.29, 0.717) is 6.42 Å². The van der Waals surface area contributed by atoms with Crippen LogP contribution in [0.4, 0.5) is 13.2 Å². The minimum absolute atomic E-state index is 0.103. The number of hydrogen-bond acceptors (Lipinski definition) is 4. The zero-order valence-corrected chi connectivity index (χ0v) is 8.32. The van der Waals surface area contributed by atoms with Crippen molar-refractivity contribution in [2.24, 2.45) is 0 Å². The molecular weight excluding hydrogens is 225 g/mol. The fourth-order valence-corrected chi connectivity index (χ4v) is 1.21. The minimum atomic E-state index is -4.43. The Labute approximate surface area is 80.3 Å². The maximum Gasteiger partial charge on any atom is 0.399 e. The van der Waals surface area contributed by atoms with Gasteiger partial charge in [-0.1, -0.05) is 6.92 Å². The number of halogens is 3. The SMILES string of the molecule is CCCOS(=O)(=O)OCCC(F)(F)F. The lowest BCUT2D eigenvalue weighted by molar-refractivity contribution is -0.139. The summed E-state index contributed by atoms with van der Waals surface area (Å²) in [5, 5.41) is 0. The van der Waals surface area contributed by atoms with Crippen LogP contribution in [-0.2, 0) is 18.8 Å².